The van der Waals surface area contributed by atoms with E-state index < -0.39 is 10.0 Å². The number of aryl methyl sites for hydroxylation is 1. The Morgan fingerprint density at radius 2 is 1.84 bits per heavy atom. The van der Waals surface area contributed by atoms with Crippen LogP contribution in [0, 0.1) is 0 Å². The number of fused-ring (bicyclic) bond motifs is 2. The molecule has 1 aliphatic heterocycles. The number of anilines is 3. The van der Waals surface area contributed by atoms with Crippen LogP contribution in [0.5, 0.6) is 0 Å². The lowest BCUT2D eigenvalue weighted by molar-refractivity contribution is 0.590. The standard InChI is InChI=1S/C17H16N4O2S2/c1-20-17-12(10-18-20)11-21(16-5-3-2-4-15(16)19-17)25(22,23)14-8-6-13(24)7-9-14/h2-10,19,24H,11H2,1H3. The van der Waals surface area contributed by atoms with Crippen molar-refractivity contribution in [2.24, 2.45) is 7.05 Å². The molecule has 128 valence electrons. The van der Waals surface area contributed by atoms with Crippen molar-refractivity contribution in [1.29, 1.82) is 0 Å². The highest BCUT2D eigenvalue weighted by molar-refractivity contribution is 7.92. The van der Waals surface area contributed by atoms with Gasteiger partial charge in [0.1, 0.15) is 5.82 Å². The van der Waals surface area contributed by atoms with Crippen molar-refractivity contribution in [1.82, 2.24) is 9.78 Å². The van der Waals surface area contributed by atoms with E-state index >= 15 is 0 Å². The zero-order chi connectivity index (χ0) is 17.6. The minimum Gasteiger partial charge on any atom is -0.338 e. The maximum atomic E-state index is 13.3. The fourth-order valence-corrected chi connectivity index (χ4v) is 4.49. The second-order valence-electron chi connectivity index (χ2n) is 5.79. The number of hydrogen-bond donors (Lipinski definition) is 2. The van der Waals surface area contributed by atoms with Crippen molar-refractivity contribution >= 4 is 39.8 Å². The van der Waals surface area contributed by atoms with Gasteiger partial charge < -0.3 is 5.32 Å². The van der Waals surface area contributed by atoms with Gasteiger partial charge in [-0.2, -0.15) is 5.10 Å². The van der Waals surface area contributed by atoms with Crippen LogP contribution < -0.4 is 9.62 Å². The second-order valence-corrected chi connectivity index (χ2v) is 8.17. The van der Waals surface area contributed by atoms with Crippen LogP contribution >= 0.6 is 12.6 Å². The van der Waals surface area contributed by atoms with Gasteiger partial charge in [0.25, 0.3) is 10.0 Å². The van der Waals surface area contributed by atoms with E-state index in [1.165, 1.54) is 4.31 Å². The van der Waals surface area contributed by atoms with Crippen molar-refractivity contribution in [2.75, 3.05) is 9.62 Å². The van der Waals surface area contributed by atoms with Gasteiger partial charge in [-0.25, -0.2) is 8.42 Å². The summed E-state index contributed by atoms with van der Waals surface area (Å²) in [6.07, 6.45) is 1.69. The molecule has 2 aromatic carbocycles. The quantitative estimate of drug-likeness (QED) is 0.678. The fourth-order valence-electron chi connectivity index (χ4n) is 2.88. The first-order chi connectivity index (χ1) is 12.0. The number of aromatic nitrogens is 2. The topological polar surface area (TPSA) is 67.2 Å². The molecule has 0 bridgehead atoms. The van der Waals surface area contributed by atoms with Gasteiger partial charge in [-0.15, -0.1) is 12.6 Å². The molecule has 1 aliphatic rings. The van der Waals surface area contributed by atoms with Crippen LogP contribution in [0.15, 0.2) is 64.5 Å². The van der Waals surface area contributed by atoms with E-state index in [0.717, 1.165) is 17.1 Å². The zero-order valence-corrected chi connectivity index (χ0v) is 15.1. The van der Waals surface area contributed by atoms with Crippen molar-refractivity contribution < 1.29 is 8.42 Å². The van der Waals surface area contributed by atoms with Crippen LogP contribution in [0.25, 0.3) is 0 Å². The molecule has 4 rings (SSSR count). The third-order valence-corrected chi connectivity index (χ3v) is 6.25. The predicted octanol–water partition coefficient (Wildman–Crippen LogP) is 3.16. The Labute approximate surface area is 151 Å². The molecule has 0 saturated carbocycles. The average Bonchev–Trinajstić information content (AvgIpc) is 2.85. The summed E-state index contributed by atoms with van der Waals surface area (Å²) in [7, 11) is -1.90. The highest BCUT2D eigenvalue weighted by Crippen LogP contribution is 2.38. The summed E-state index contributed by atoms with van der Waals surface area (Å²) in [5.41, 5.74) is 2.14. The molecule has 8 heteroatoms. The molecular weight excluding hydrogens is 356 g/mol. The van der Waals surface area contributed by atoms with E-state index in [2.05, 4.69) is 23.0 Å². The van der Waals surface area contributed by atoms with Crippen LogP contribution in [0.2, 0.25) is 0 Å². The Morgan fingerprint density at radius 3 is 2.60 bits per heavy atom. The van der Waals surface area contributed by atoms with Gasteiger partial charge in [0.15, 0.2) is 0 Å². The van der Waals surface area contributed by atoms with E-state index in [1.807, 2.05) is 25.2 Å². The summed E-state index contributed by atoms with van der Waals surface area (Å²) in [4.78, 5) is 0.943. The maximum Gasteiger partial charge on any atom is 0.264 e. The number of thiol groups is 1. The van der Waals surface area contributed by atoms with Crippen LogP contribution in [0.1, 0.15) is 5.56 Å². The van der Waals surface area contributed by atoms with Crippen LogP contribution in [0.3, 0.4) is 0 Å². The number of nitrogens with zero attached hydrogens (tertiary/aromatic N) is 3. The smallest absolute Gasteiger partial charge is 0.264 e. The predicted molar refractivity (Wildman–Crippen MR) is 100.0 cm³/mol. The molecule has 0 amide bonds. The summed E-state index contributed by atoms with van der Waals surface area (Å²) in [6.45, 7) is 0.206. The number of hydrogen-bond acceptors (Lipinski definition) is 5. The first-order valence-electron chi connectivity index (χ1n) is 7.65. The van der Waals surface area contributed by atoms with E-state index in [9.17, 15) is 8.42 Å². The first-order valence-corrected chi connectivity index (χ1v) is 9.54. The van der Waals surface area contributed by atoms with Gasteiger partial charge in [-0.1, -0.05) is 12.1 Å². The Balaban J connectivity index is 1.89. The van der Waals surface area contributed by atoms with Crippen LogP contribution in [-0.4, -0.2) is 18.2 Å². The van der Waals surface area contributed by atoms with Gasteiger partial charge >= 0.3 is 0 Å². The molecule has 0 saturated heterocycles. The summed E-state index contributed by atoms with van der Waals surface area (Å²) in [5.74, 6) is 0.788. The van der Waals surface area contributed by atoms with Crippen molar-refractivity contribution in [3.8, 4) is 0 Å². The summed E-state index contributed by atoms with van der Waals surface area (Å²) >= 11 is 4.23. The minimum absolute atomic E-state index is 0.206. The monoisotopic (exact) mass is 372 g/mol. The molecule has 0 atom stereocenters. The number of sulfonamides is 1. The van der Waals surface area contributed by atoms with Crippen LogP contribution in [0.4, 0.5) is 17.2 Å². The number of rotatable bonds is 2. The lowest BCUT2D eigenvalue weighted by Gasteiger charge is -2.24. The number of benzene rings is 2. The minimum atomic E-state index is -3.73. The van der Waals surface area contributed by atoms with Gasteiger partial charge in [0.2, 0.25) is 0 Å². The van der Waals surface area contributed by atoms with Gasteiger partial charge in [0.05, 0.1) is 29.0 Å². The molecule has 0 unspecified atom stereocenters. The molecule has 2 heterocycles. The third kappa shape index (κ3) is 2.67. The third-order valence-electron chi connectivity index (χ3n) is 4.18. The Hall–Kier alpha value is -2.45. The van der Waals surface area contributed by atoms with Crippen LogP contribution in [-0.2, 0) is 23.6 Å². The molecule has 1 aromatic heterocycles. The number of para-hydroxylation sites is 2. The fraction of sp³-hybridized carbons (Fsp3) is 0.118. The highest BCUT2D eigenvalue weighted by atomic mass is 32.2. The van der Waals surface area contributed by atoms with Gasteiger partial charge in [-0.05, 0) is 36.4 Å². The molecular formula is C17H16N4O2S2. The molecule has 3 aromatic rings. The van der Waals surface area contributed by atoms with E-state index in [1.54, 1.807) is 41.2 Å². The van der Waals surface area contributed by atoms with E-state index in [-0.39, 0.29) is 11.4 Å². The summed E-state index contributed by atoms with van der Waals surface area (Å²) in [6, 6.07) is 13.8. The highest BCUT2D eigenvalue weighted by Gasteiger charge is 2.31. The Bertz CT molecular complexity index is 1040. The summed E-state index contributed by atoms with van der Waals surface area (Å²) in [5, 5.41) is 7.53. The molecule has 0 fully saturated rings. The lowest BCUT2D eigenvalue weighted by atomic mass is 10.2. The van der Waals surface area contributed by atoms with Gasteiger partial charge in [-0.3, -0.25) is 8.99 Å². The maximum absolute atomic E-state index is 13.3. The second kappa shape index (κ2) is 5.82. The summed E-state index contributed by atoms with van der Waals surface area (Å²) < 4.78 is 29.7. The average molecular weight is 372 g/mol. The van der Waals surface area contributed by atoms with Crippen molar-refractivity contribution in [3.05, 3.63) is 60.3 Å². The van der Waals surface area contributed by atoms with E-state index in [0.29, 0.717) is 10.6 Å². The normalized spacial score (nSPS) is 13.6. The van der Waals surface area contributed by atoms with E-state index in [4.69, 9.17) is 0 Å². The molecule has 0 aliphatic carbocycles. The largest absolute Gasteiger partial charge is 0.338 e. The van der Waals surface area contributed by atoms with Crippen molar-refractivity contribution in [2.45, 2.75) is 16.3 Å². The van der Waals surface area contributed by atoms with Gasteiger partial charge in [0, 0.05) is 17.5 Å². The first kappa shape index (κ1) is 16.0. The lowest BCUT2D eigenvalue weighted by Crippen LogP contribution is -2.30. The Morgan fingerprint density at radius 1 is 1.12 bits per heavy atom. The SMILES string of the molecule is Cn1ncc2c1Nc1ccccc1N(S(=O)(=O)c1ccc(S)cc1)C2. The Kier molecular flexibility index (Phi) is 3.73. The zero-order valence-electron chi connectivity index (χ0n) is 13.4. The molecule has 25 heavy (non-hydrogen) atoms. The van der Waals surface area contributed by atoms with Crippen molar-refractivity contribution in [3.63, 3.8) is 0 Å². The molecule has 0 radical (unpaired) electrons. The molecule has 0 spiro atoms. The molecule has 6 nitrogen and oxygen atoms in total. The number of nitrogens with one attached hydrogen (secondary N) is 1. The molecule has 1 N–H and O–H groups in total.